The van der Waals surface area contributed by atoms with Gasteiger partial charge in [0.25, 0.3) is 6.01 Å². The molecular formula is C14H18N4O. The van der Waals surface area contributed by atoms with Gasteiger partial charge in [-0.2, -0.15) is 4.98 Å². The minimum Gasteiger partial charge on any atom is -0.424 e. The van der Waals surface area contributed by atoms with Gasteiger partial charge in [0.15, 0.2) is 5.58 Å². The molecule has 0 amide bonds. The zero-order valence-corrected chi connectivity index (χ0v) is 10.7. The Bertz CT molecular complexity index is 549. The maximum absolute atomic E-state index is 5.73. The van der Waals surface area contributed by atoms with Gasteiger partial charge in [0, 0.05) is 18.6 Å². The van der Waals surface area contributed by atoms with Crippen molar-refractivity contribution in [2.24, 2.45) is 5.92 Å². The molecule has 2 aromatic rings. The standard InChI is InChI=1S/C14H18N4O/c1-2-4-13-12(3-1)17-14(19-13)16-10-5-6-11-9(7-10)8-15-18-11/h1-4,9-11,15,18H,5-8H2,(H,16,17). The molecule has 5 heteroatoms. The van der Waals surface area contributed by atoms with E-state index in [-0.39, 0.29) is 0 Å². The van der Waals surface area contributed by atoms with E-state index >= 15 is 0 Å². The molecule has 5 nitrogen and oxygen atoms in total. The number of fused-ring (bicyclic) bond motifs is 2. The Morgan fingerprint density at radius 3 is 3.16 bits per heavy atom. The number of aromatic nitrogens is 1. The molecule has 2 heterocycles. The summed E-state index contributed by atoms with van der Waals surface area (Å²) in [5.41, 5.74) is 8.37. The van der Waals surface area contributed by atoms with Gasteiger partial charge in [-0.1, -0.05) is 12.1 Å². The largest absolute Gasteiger partial charge is 0.424 e. The highest BCUT2D eigenvalue weighted by Gasteiger charge is 2.34. The molecule has 1 aromatic heterocycles. The Morgan fingerprint density at radius 2 is 2.21 bits per heavy atom. The summed E-state index contributed by atoms with van der Waals surface area (Å²) in [6, 6.07) is 9.65. The highest BCUT2D eigenvalue weighted by Crippen LogP contribution is 2.29. The third-order valence-corrected chi connectivity index (χ3v) is 4.26. The van der Waals surface area contributed by atoms with E-state index in [1.165, 1.54) is 12.8 Å². The van der Waals surface area contributed by atoms with E-state index in [4.69, 9.17) is 4.42 Å². The highest BCUT2D eigenvalue weighted by molar-refractivity contribution is 5.74. The van der Waals surface area contributed by atoms with Crippen LogP contribution in [0.3, 0.4) is 0 Å². The van der Waals surface area contributed by atoms with Crippen LogP contribution in [0.2, 0.25) is 0 Å². The van der Waals surface area contributed by atoms with Gasteiger partial charge in [-0.25, -0.2) is 0 Å². The van der Waals surface area contributed by atoms with Crippen LogP contribution < -0.4 is 16.2 Å². The van der Waals surface area contributed by atoms with Gasteiger partial charge in [-0.05, 0) is 37.3 Å². The Labute approximate surface area is 111 Å². The molecule has 1 saturated heterocycles. The predicted molar refractivity (Wildman–Crippen MR) is 73.7 cm³/mol. The van der Waals surface area contributed by atoms with Crippen LogP contribution in [0.1, 0.15) is 19.3 Å². The fourth-order valence-corrected chi connectivity index (χ4v) is 3.24. The average molecular weight is 258 g/mol. The Kier molecular flexibility index (Phi) is 2.67. The Balaban J connectivity index is 1.48. The van der Waals surface area contributed by atoms with Crippen molar-refractivity contribution in [1.29, 1.82) is 0 Å². The summed E-state index contributed by atoms with van der Waals surface area (Å²) in [7, 11) is 0. The van der Waals surface area contributed by atoms with E-state index in [0.29, 0.717) is 18.1 Å². The number of hydrazine groups is 1. The van der Waals surface area contributed by atoms with Crippen molar-refractivity contribution in [1.82, 2.24) is 15.8 Å². The van der Waals surface area contributed by atoms with E-state index in [0.717, 1.165) is 30.0 Å². The average Bonchev–Trinajstić information content (AvgIpc) is 3.03. The quantitative estimate of drug-likeness (QED) is 0.768. The van der Waals surface area contributed by atoms with Crippen LogP contribution in [-0.4, -0.2) is 23.6 Å². The van der Waals surface area contributed by atoms with E-state index in [1.807, 2.05) is 24.3 Å². The maximum atomic E-state index is 5.73. The lowest BCUT2D eigenvalue weighted by Gasteiger charge is -2.30. The van der Waals surface area contributed by atoms with Crippen molar-refractivity contribution in [3.05, 3.63) is 24.3 Å². The number of para-hydroxylation sites is 2. The normalized spacial score (nSPS) is 30.4. The molecule has 2 fully saturated rings. The number of nitrogens with zero attached hydrogens (tertiary/aromatic N) is 1. The van der Waals surface area contributed by atoms with E-state index in [1.54, 1.807) is 0 Å². The van der Waals surface area contributed by atoms with Gasteiger partial charge in [-0.15, -0.1) is 0 Å². The van der Waals surface area contributed by atoms with Crippen molar-refractivity contribution >= 4 is 17.1 Å². The summed E-state index contributed by atoms with van der Waals surface area (Å²) in [5, 5.41) is 3.45. The molecule has 100 valence electrons. The summed E-state index contributed by atoms with van der Waals surface area (Å²) in [4.78, 5) is 4.48. The molecule has 1 aromatic carbocycles. The summed E-state index contributed by atoms with van der Waals surface area (Å²) >= 11 is 0. The van der Waals surface area contributed by atoms with Crippen LogP contribution in [-0.2, 0) is 0 Å². The van der Waals surface area contributed by atoms with Crippen LogP contribution in [0.4, 0.5) is 6.01 Å². The van der Waals surface area contributed by atoms with E-state index in [2.05, 4.69) is 21.2 Å². The first-order valence-corrected chi connectivity index (χ1v) is 6.99. The monoisotopic (exact) mass is 258 g/mol. The van der Waals surface area contributed by atoms with Crippen molar-refractivity contribution in [2.75, 3.05) is 11.9 Å². The Hall–Kier alpha value is -1.59. The number of benzene rings is 1. The molecular weight excluding hydrogens is 240 g/mol. The summed E-state index contributed by atoms with van der Waals surface area (Å²) in [6.45, 7) is 1.07. The van der Waals surface area contributed by atoms with Gasteiger partial charge in [0.2, 0.25) is 0 Å². The molecule has 1 aliphatic carbocycles. The van der Waals surface area contributed by atoms with Crippen molar-refractivity contribution in [2.45, 2.75) is 31.3 Å². The molecule has 3 atom stereocenters. The fraction of sp³-hybridized carbons (Fsp3) is 0.500. The van der Waals surface area contributed by atoms with Crippen LogP contribution in [0, 0.1) is 5.92 Å². The number of nitrogens with one attached hydrogen (secondary N) is 3. The van der Waals surface area contributed by atoms with Crippen molar-refractivity contribution in [3.8, 4) is 0 Å². The topological polar surface area (TPSA) is 62.1 Å². The molecule has 2 aliphatic rings. The SMILES string of the molecule is c1ccc2oc(NC3CCC4NNCC4C3)nc2c1. The molecule has 3 unspecified atom stereocenters. The lowest BCUT2D eigenvalue weighted by Crippen LogP contribution is -2.39. The van der Waals surface area contributed by atoms with Crippen LogP contribution in [0.5, 0.6) is 0 Å². The number of hydrogen-bond acceptors (Lipinski definition) is 5. The minimum absolute atomic E-state index is 0.469. The zero-order chi connectivity index (χ0) is 12.7. The third kappa shape index (κ3) is 2.09. The summed E-state index contributed by atoms with van der Waals surface area (Å²) in [5.74, 6) is 0.718. The molecule has 0 bridgehead atoms. The first-order chi connectivity index (χ1) is 9.38. The van der Waals surface area contributed by atoms with Crippen LogP contribution in [0.15, 0.2) is 28.7 Å². The van der Waals surface area contributed by atoms with Gasteiger partial charge in [0.1, 0.15) is 5.52 Å². The minimum atomic E-state index is 0.469. The molecule has 4 rings (SSSR count). The zero-order valence-electron chi connectivity index (χ0n) is 10.7. The summed E-state index contributed by atoms with van der Waals surface area (Å²) in [6.07, 6.45) is 3.54. The van der Waals surface area contributed by atoms with Gasteiger partial charge >= 0.3 is 0 Å². The number of anilines is 1. The smallest absolute Gasteiger partial charge is 0.295 e. The van der Waals surface area contributed by atoms with E-state index < -0.39 is 0 Å². The Morgan fingerprint density at radius 1 is 1.26 bits per heavy atom. The molecule has 0 spiro atoms. The maximum Gasteiger partial charge on any atom is 0.295 e. The second-order valence-electron chi connectivity index (χ2n) is 5.53. The second-order valence-corrected chi connectivity index (χ2v) is 5.53. The van der Waals surface area contributed by atoms with Gasteiger partial charge < -0.3 is 9.73 Å². The van der Waals surface area contributed by atoms with Crippen molar-refractivity contribution < 1.29 is 4.42 Å². The number of hydrogen-bond donors (Lipinski definition) is 3. The predicted octanol–water partition coefficient (Wildman–Crippen LogP) is 1.88. The van der Waals surface area contributed by atoms with Crippen molar-refractivity contribution in [3.63, 3.8) is 0 Å². The molecule has 1 aliphatic heterocycles. The second kappa shape index (κ2) is 4.51. The fourth-order valence-electron chi connectivity index (χ4n) is 3.24. The first kappa shape index (κ1) is 11.3. The van der Waals surface area contributed by atoms with E-state index in [9.17, 15) is 0 Å². The lowest BCUT2D eigenvalue weighted by molar-refractivity contribution is 0.311. The number of oxazole rings is 1. The van der Waals surface area contributed by atoms with Gasteiger partial charge in [-0.3, -0.25) is 10.9 Å². The molecule has 0 radical (unpaired) electrons. The third-order valence-electron chi connectivity index (χ3n) is 4.26. The summed E-state index contributed by atoms with van der Waals surface area (Å²) < 4.78 is 5.73. The van der Waals surface area contributed by atoms with Gasteiger partial charge in [0.05, 0.1) is 0 Å². The van der Waals surface area contributed by atoms with Crippen LogP contribution in [0.25, 0.3) is 11.1 Å². The van der Waals surface area contributed by atoms with Crippen LogP contribution >= 0.6 is 0 Å². The highest BCUT2D eigenvalue weighted by atomic mass is 16.4. The number of rotatable bonds is 2. The molecule has 3 N–H and O–H groups in total. The molecule has 1 saturated carbocycles. The molecule has 19 heavy (non-hydrogen) atoms. The first-order valence-electron chi connectivity index (χ1n) is 6.99. The lowest BCUT2D eigenvalue weighted by atomic mass is 9.83.